The van der Waals surface area contributed by atoms with Gasteiger partial charge < -0.3 is 16.0 Å². The van der Waals surface area contributed by atoms with E-state index in [1.54, 1.807) is 25.1 Å². The molecule has 0 fully saturated rings. The minimum Gasteiger partial charge on any atom is -0.355 e. The zero-order chi connectivity index (χ0) is 14.0. The fraction of sp³-hybridized carbons (Fsp3) is 0.231. The number of allylic oxidation sites excluding steroid dienone is 1. The number of rotatable bonds is 2. The molecule has 100 valence electrons. The molecule has 0 saturated heterocycles. The molecule has 1 aliphatic rings. The Hall–Kier alpha value is -1.95. The van der Waals surface area contributed by atoms with Crippen molar-refractivity contribution >= 4 is 23.2 Å². The van der Waals surface area contributed by atoms with Crippen molar-refractivity contribution in [3.63, 3.8) is 0 Å². The predicted molar refractivity (Wildman–Crippen MR) is 74.8 cm³/mol. The first-order valence-corrected chi connectivity index (χ1v) is 6.20. The highest BCUT2D eigenvalue weighted by atomic mass is 32.1. The molecular formula is C13H14FN3OS. The quantitative estimate of drug-likeness (QED) is 0.716. The van der Waals surface area contributed by atoms with Gasteiger partial charge in [-0.1, -0.05) is 18.2 Å². The maximum absolute atomic E-state index is 13.9. The number of nitrogens with one attached hydrogen (secondary N) is 3. The second-order valence-corrected chi connectivity index (χ2v) is 4.58. The Morgan fingerprint density at radius 1 is 1.42 bits per heavy atom. The van der Waals surface area contributed by atoms with Gasteiger partial charge >= 0.3 is 0 Å². The number of amides is 1. The lowest BCUT2D eigenvalue weighted by atomic mass is 9.94. The highest BCUT2D eigenvalue weighted by Crippen LogP contribution is 2.28. The third-order valence-corrected chi connectivity index (χ3v) is 3.18. The fourth-order valence-electron chi connectivity index (χ4n) is 2.07. The number of carbonyl (C=O) groups is 1. The Labute approximate surface area is 116 Å². The number of hydrogen-bond acceptors (Lipinski definition) is 2. The van der Waals surface area contributed by atoms with Crippen molar-refractivity contribution in [3.8, 4) is 0 Å². The molecule has 4 nitrogen and oxygen atoms in total. The summed E-state index contributed by atoms with van der Waals surface area (Å²) >= 11 is 5.07. The standard InChI is InChI=1S/C13H14FN3OS/c1-7-10(12(18)15-2)11(17-13(19)16-7)8-5-3-4-6-9(8)14/h3-6,11H,1-2H3,(H,15,18)(H2,16,17,19). The Bertz CT molecular complexity index is 571. The minimum absolute atomic E-state index is 0.270. The van der Waals surface area contributed by atoms with Crippen LogP contribution in [0.2, 0.25) is 0 Å². The van der Waals surface area contributed by atoms with Gasteiger partial charge in [0.2, 0.25) is 0 Å². The molecule has 1 aromatic carbocycles. The molecule has 1 atom stereocenters. The monoisotopic (exact) mass is 279 g/mol. The van der Waals surface area contributed by atoms with Crippen molar-refractivity contribution in [2.24, 2.45) is 0 Å². The highest BCUT2D eigenvalue weighted by molar-refractivity contribution is 7.80. The number of thiocarbonyl (C=S) groups is 1. The normalized spacial score (nSPS) is 18.7. The van der Waals surface area contributed by atoms with E-state index in [2.05, 4.69) is 16.0 Å². The van der Waals surface area contributed by atoms with E-state index in [-0.39, 0.29) is 11.7 Å². The molecule has 0 spiro atoms. The molecule has 2 rings (SSSR count). The second kappa shape index (κ2) is 5.36. The first-order chi connectivity index (χ1) is 9.04. The van der Waals surface area contributed by atoms with Crippen LogP contribution in [0.25, 0.3) is 0 Å². The average molecular weight is 279 g/mol. The summed E-state index contributed by atoms with van der Waals surface area (Å²) in [4.78, 5) is 12.0. The van der Waals surface area contributed by atoms with E-state index in [4.69, 9.17) is 12.2 Å². The summed E-state index contributed by atoms with van der Waals surface area (Å²) in [6.07, 6.45) is 0. The molecule has 0 aromatic heterocycles. The molecule has 0 saturated carbocycles. The van der Waals surface area contributed by atoms with Crippen molar-refractivity contribution < 1.29 is 9.18 Å². The van der Waals surface area contributed by atoms with Crippen LogP contribution in [0.3, 0.4) is 0 Å². The third kappa shape index (κ3) is 2.58. The van der Waals surface area contributed by atoms with E-state index >= 15 is 0 Å². The van der Waals surface area contributed by atoms with Gasteiger partial charge in [-0.3, -0.25) is 4.79 Å². The van der Waals surface area contributed by atoms with E-state index in [0.29, 0.717) is 21.9 Å². The molecule has 0 radical (unpaired) electrons. The van der Waals surface area contributed by atoms with Crippen molar-refractivity contribution in [1.82, 2.24) is 16.0 Å². The number of halogens is 1. The second-order valence-electron chi connectivity index (χ2n) is 4.17. The summed E-state index contributed by atoms with van der Waals surface area (Å²) in [6.45, 7) is 1.74. The molecule has 1 heterocycles. The van der Waals surface area contributed by atoms with E-state index in [0.717, 1.165) is 0 Å². The Balaban J connectivity index is 2.53. The molecule has 0 bridgehead atoms. The van der Waals surface area contributed by atoms with E-state index in [1.807, 2.05) is 0 Å². The SMILES string of the molecule is CNC(=O)C1=C(C)NC(=S)NC1c1ccccc1F. The Morgan fingerprint density at radius 2 is 2.11 bits per heavy atom. The fourth-order valence-corrected chi connectivity index (χ4v) is 2.34. The van der Waals surface area contributed by atoms with Crippen LogP contribution >= 0.6 is 12.2 Å². The van der Waals surface area contributed by atoms with E-state index < -0.39 is 6.04 Å². The van der Waals surface area contributed by atoms with Gasteiger partial charge in [-0.25, -0.2) is 4.39 Å². The van der Waals surface area contributed by atoms with Gasteiger partial charge in [0.25, 0.3) is 5.91 Å². The number of carbonyl (C=O) groups excluding carboxylic acids is 1. The first kappa shape index (κ1) is 13.5. The van der Waals surface area contributed by atoms with Gasteiger partial charge in [-0.15, -0.1) is 0 Å². The van der Waals surface area contributed by atoms with Crippen molar-refractivity contribution in [1.29, 1.82) is 0 Å². The molecule has 19 heavy (non-hydrogen) atoms. The Kier molecular flexibility index (Phi) is 3.80. The first-order valence-electron chi connectivity index (χ1n) is 5.79. The smallest absolute Gasteiger partial charge is 0.251 e. The molecule has 1 amide bonds. The highest BCUT2D eigenvalue weighted by Gasteiger charge is 2.30. The third-order valence-electron chi connectivity index (χ3n) is 2.96. The van der Waals surface area contributed by atoms with Crippen molar-refractivity contribution in [2.75, 3.05) is 7.05 Å². The lowest BCUT2D eigenvalue weighted by Crippen LogP contribution is -2.46. The molecule has 1 unspecified atom stereocenters. The van der Waals surface area contributed by atoms with Crippen LogP contribution in [-0.2, 0) is 4.79 Å². The molecule has 1 aliphatic heterocycles. The topological polar surface area (TPSA) is 53.2 Å². The van der Waals surface area contributed by atoms with Gasteiger partial charge in [-0.05, 0) is 25.2 Å². The summed E-state index contributed by atoms with van der Waals surface area (Å²) < 4.78 is 13.9. The average Bonchev–Trinajstić information content (AvgIpc) is 2.37. The van der Waals surface area contributed by atoms with Crippen LogP contribution in [0, 0.1) is 5.82 Å². The summed E-state index contributed by atoms with van der Waals surface area (Å²) in [5.41, 5.74) is 1.45. The number of hydrogen-bond donors (Lipinski definition) is 3. The van der Waals surface area contributed by atoms with Gasteiger partial charge in [0.1, 0.15) is 5.82 Å². The van der Waals surface area contributed by atoms with Gasteiger partial charge in [0.15, 0.2) is 5.11 Å². The summed E-state index contributed by atoms with van der Waals surface area (Å²) in [6, 6.07) is 5.74. The largest absolute Gasteiger partial charge is 0.355 e. The molecule has 0 aliphatic carbocycles. The van der Waals surface area contributed by atoms with Crippen LogP contribution < -0.4 is 16.0 Å². The summed E-state index contributed by atoms with van der Waals surface area (Å²) in [5, 5.41) is 8.74. The molecule has 3 N–H and O–H groups in total. The Morgan fingerprint density at radius 3 is 2.74 bits per heavy atom. The lowest BCUT2D eigenvalue weighted by molar-refractivity contribution is -0.117. The van der Waals surface area contributed by atoms with Crippen molar-refractivity contribution in [2.45, 2.75) is 13.0 Å². The van der Waals surface area contributed by atoms with Gasteiger partial charge in [0, 0.05) is 18.3 Å². The van der Waals surface area contributed by atoms with E-state index in [9.17, 15) is 9.18 Å². The van der Waals surface area contributed by atoms with Crippen LogP contribution in [-0.4, -0.2) is 18.1 Å². The van der Waals surface area contributed by atoms with Gasteiger partial charge in [0.05, 0.1) is 11.6 Å². The summed E-state index contributed by atoms with van der Waals surface area (Å²) in [5.74, 6) is -0.646. The predicted octanol–water partition coefficient (Wildman–Crippen LogP) is 1.36. The minimum atomic E-state index is -0.588. The maximum atomic E-state index is 13.9. The zero-order valence-electron chi connectivity index (χ0n) is 10.6. The zero-order valence-corrected chi connectivity index (χ0v) is 11.4. The molecule has 6 heteroatoms. The van der Waals surface area contributed by atoms with E-state index in [1.165, 1.54) is 13.1 Å². The molecule has 1 aromatic rings. The maximum Gasteiger partial charge on any atom is 0.251 e. The number of likely N-dealkylation sites (N-methyl/N-ethyl adjacent to an activating group) is 1. The van der Waals surface area contributed by atoms with Crippen LogP contribution in [0.5, 0.6) is 0 Å². The lowest BCUT2D eigenvalue weighted by Gasteiger charge is -2.30. The summed E-state index contributed by atoms with van der Waals surface area (Å²) in [7, 11) is 1.54. The van der Waals surface area contributed by atoms with Crippen LogP contribution in [0.4, 0.5) is 4.39 Å². The number of benzene rings is 1. The van der Waals surface area contributed by atoms with Crippen LogP contribution in [0.15, 0.2) is 35.5 Å². The van der Waals surface area contributed by atoms with Gasteiger partial charge in [-0.2, -0.15) is 0 Å². The molecular weight excluding hydrogens is 265 g/mol. The van der Waals surface area contributed by atoms with Crippen molar-refractivity contribution in [3.05, 3.63) is 46.9 Å². The van der Waals surface area contributed by atoms with Crippen LogP contribution in [0.1, 0.15) is 18.5 Å².